The molecule has 168 valence electrons. The zero-order valence-corrected chi connectivity index (χ0v) is 18.6. The molecule has 32 heavy (non-hydrogen) atoms. The number of pyridine rings is 2. The van der Waals surface area contributed by atoms with Gasteiger partial charge in [0.25, 0.3) is 0 Å². The molecule has 0 radical (unpaired) electrons. The Morgan fingerprint density at radius 3 is 2.97 bits per heavy atom. The molecule has 3 aromatic heterocycles. The van der Waals surface area contributed by atoms with E-state index in [9.17, 15) is 0 Å². The number of hydrogen-bond acceptors (Lipinski definition) is 7. The number of aromatic nitrogens is 3. The Bertz CT molecular complexity index is 1160. The van der Waals surface area contributed by atoms with Crippen LogP contribution in [0.3, 0.4) is 0 Å². The van der Waals surface area contributed by atoms with Crippen LogP contribution in [0.1, 0.15) is 17.7 Å². The lowest BCUT2D eigenvalue weighted by Crippen LogP contribution is -2.45. The number of fused-ring (bicyclic) bond motifs is 3. The van der Waals surface area contributed by atoms with Crippen molar-refractivity contribution < 1.29 is 14.2 Å². The van der Waals surface area contributed by atoms with E-state index in [1.54, 1.807) is 0 Å². The molecule has 1 atom stereocenters. The van der Waals surface area contributed by atoms with Crippen LogP contribution in [0.25, 0.3) is 22.2 Å². The number of ether oxygens (including phenoxy) is 3. The maximum absolute atomic E-state index is 6.43. The number of rotatable bonds is 5. The number of nitrogens with one attached hydrogen (secondary N) is 2. The van der Waals surface area contributed by atoms with Gasteiger partial charge in [0.05, 0.1) is 42.9 Å². The number of anilines is 1. The van der Waals surface area contributed by atoms with Gasteiger partial charge in [0.15, 0.2) is 0 Å². The number of nitrogens with zero attached hydrogens (tertiary/aromatic N) is 3. The fraction of sp³-hybridized carbons (Fsp3) is 0.500. The Balaban J connectivity index is 1.51. The second-order valence-corrected chi connectivity index (χ2v) is 9.05. The first-order valence-electron chi connectivity index (χ1n) is 11.4. The summed E-state index contributed by atoms with van der Waals surface area (Å²) in [4.78, 5) is 9.69. The van der Waals surface area contributed by atoms with Crippen molar-refractivity contribution in [3.8, 4) is 17.0 Å². The highest BCUT2D eigenvalue weighted by molar-refractivity contribution is 5.96. The number of hydrogen-bond donors (Lipinski definition) is 2. The molecule has 1 spiro atoms. The first-order chi connectivity index (χ1) is 15.7. The summed E-state index contributed by atoms with van der Waals surface area (Å²) in [6.07, 6.45) is 5.67. The lowest BCUT2D eigenvalue weighted by Gasteiger charge is -2.35. The third-order valence-electron chi connectivity index (χ3n) is 6.98. The Morgan fingerprint density at radius 2 is 2.22 bits per heavy atom. The lowest BCUT2D eigenvalue weighted by atomic mass is 9.89. The molecule has 3 aliphatic rings. The van der Waals surface area contributed by atoms with E-state index in [2.05, 4.69) is 38.5 Å². The van der Waals surface area contributed by atoms with Crippen molar-refractivity contribution in [3.05, 3.63) is 35.8 Å². The molecule has 0 aromatic carbocycles. The molecule has 8 heteroatoms. The molecule has 3 aliphatic heterocycles. The van der Waals surface area contributed by atoms with Crippen LogP contribution in [0, 0.1) is 5.92 Å². The Morgan fingerprint density at radius 1 is 1.31 bits per heavy atom. The molecule has 1 unspecified atom stereocenters. The van der Waals surface area contributed by atoms with Crippen LogP contribution in [-0.4, -0.2) is 61.1 Å². The van der Waals surface area contributed by atoms with Crippen molar-refractivity contribution in [2.24, 2.45) is 13.0 Å². The van der Waals surface area contributed by atoms with Gasteiger partial charge in [-0.1, -0.05) is 0 Å². The van der Waals surface area contributed by atoms with Crippen molar-refractivity contribution in [2.75, 3.05) is 51.9 Å². The van der Waals surface area contributed by atoms with E-state index >= 15 is 0 Å². The van der Waals surface area contributed by atoms with Crippen molar-refractivity contribution >= 4 is 16.7 Å². The summed E-state index contributed by atoms with van der Waals surface area (Å²) < 4.78 is 20.6. The highest BCUT2D eigenvalue weighted by atomic mass is 16.6. The molecular formula is C24H29N5O3. The predicted octanol–water partition coefficient (Wildman–Crippen LogP) is 2.46. The monoisotopic (exact) mass is 435 g/mol. The molecule has 0 bridgehead atoms. The van der Waals surface area contributed by atoms with Gasteiger partial charge in [-0.3, -0.25) is 0 Å². The van der Waals surface area contributed by atoms with E-state index in [4.69, 9.17) is 19.2 Å². The van der Waals surface area contributed by atoms with Crippen LogP contribution in [0.5, 0.6) is 5.75 Å². The van der Waals surface area contributed by atoms with Gasteiger partial charge < -0.3 is 29.4 Å². The van der Waals surface area contributed by atoms with Crippen LogP contribution in [0.15, 0.2) is 24.5 Å². The standard InChI is InChI=1S/C24H29N5O3/c1-25-22-7-17-18(12-29(2)20(17)11-27-22)19-8-21(31-13-15-9-26-10-15)16-3-5-32-24(23(16)28-19)4-6-30-14-24/h7-8,11-12,15,26H,3-6,9-10,13-14H2,1-2H3,(H,25,27). The third kappa shape index (κ3) is 3.17. The van der Waals surface area contributed by atoms with Crippen LogP contribution in [-0.2, 0) is 28.5 Å². The van der Waals surface area contributed by atoms with E-state index in [0.29, 0.717) is 25.7 Å². The highest BCUT2D eigenvalue weighted by Gasteiger charge is 2.44. The van der Waals surface area contributed by atoms with Crippen molar-refractivity contribution in [1.82, 2.24) is 19.9 Å². The highest BCUT2D eigenvalue weighted by Crippen LogP contribution is 2.44. The summed E-state index contributed by atoms with van der Waals surface area (Å²) >= 11 is 0. The normalized spacial score (nSPS) is 22.8. The van der Waals surface area contributed by atoms with Crippen molar-refractivity contribution in [1.29, 1.82) is 0 Å². The maximum Gasteiger partial charge on any atom is 0.136 e. The minimum atomic E-state index is -0.470. The van der Waals surface area contributed by atoms with Crippen LogP contribution >= 0.6 is 0 Å². The minimum absolute atomic E-state index is 0.470. The smallest absolute Gasteiger partial charge is 0.136 e. The fourth-order valence-electron chi connectivity index (χ4n) is 4.99. The SMILES string of the molecule is CNc1cc2c(-c3cc(OCC4CNC4)c4c(n3)C3(CCOC3)OCC4)cn(C)c2cn1. The Kier molecular flexibility index (Phi) is 4.82. The molecule has 6 heterocycles. The minimum Gasteiger partial charge on any atom is -0.493 e. The second kappa shape index (κ2) is 7.72. The first kappa shape index (κ1) is 20.0. The molecule has 2 fully saturated rings. The summed E-state index contributed by atoms with van der Waals surface area (Å²) in [5.41, 5.74) is 4.73. The molecular weight excluding hydrogens is 406 g/mol. The summed E-state index contributed by atoms with van der Waals surface area (Å²) in [6, 6.07) is 4.20. The largest absolute Gasteiger partial charge is 0.493 e. The van der Waals surface area contributed by atoms with Gasteiger partial charge >= 0.3 is 0 Å². The van der Waals surface area contributed by atoms with Crippen molar-refractivity contribution in [2.45, 2.75) is 18.4 Å². The fourth-order valence-corrected chi connectivity index (χ4v) is 4.99. The van der Waals surface area contributed by atoms with Gasteiger partial charge in [0.2, 0.25) is 0 Å². The van der Waals surface area contributed by atoms with E-state index in [1.807, 2.05) is 20.3 Å². The predicted molar refractivity (Wildman–Crippen MR) is 122 cm³/mol. The van der Waals surface area contributed by atoms with Crippen LogP contribution in [0.2, 0.25) is 0 Å². The van der Waals surface area contributed by atoms with E-state index in [0.717, 1.165) is 72.0 Å². The van der Waals surface area contributed by atoms with Gasteiger partial charge in [-0.25, -0.2) is 9.97 Å². The zero-order valence-electron chi connectivity index (χ0n) is 18.6. The summed E-state index contributed by atoms with van der Waals surface area (Å²) in [5, 5.41) is 7.59. The average Bonchev–Trinajstić information content (AvgIpc) is 3.38. The molecule has 6 rings (SSSR count). The van der Waals surface area contributed by atoms with Gasteiger partial charge in [-0.15, -0.1) is 0 Å². The molecule has 2 saturated heterocycles. The van der Waals surface area contributed by atoms with Gasteiger partial charge in [0, 0.05) is 81.3 Å². The first-order valence-corrected chi connectivity index (χ1v) is 11.4. The van der Waals surface area contributed by atoms with Gasteiger partial charge in [-0.05, 0) is 6.07 Å². The maximum atomic E-state index is 6.43. The molecule has 0 amide bonds. The molecule has 0 saturated carbocycles. The Labute approximate surface area is 187 Å². The zero-order chi connectivity index (χ0) is 21.7. The lowest BCUT2D eigenvalue weighted by molar-refractivity contribution is -0.0669. The second-order valence-electron chi connectivity index (χ2n) is 9.05. The summed E-state index contributed by atoms with van der Waals surface area (Å²) in [6.45, 7) is 4.67. The quantitative estimate of drug-likeness (QED) is 0.637. The van der Waals surface area contributed by atoms with E-state index < -0.39 is 5.60 Å². The van der Waals surface area contributed by atoms with Gasteiger partial charge in [-0.2, -0.15) is 0 Å². The molecule has 3 aromatic rings. The molecule has 8 nitrogen and oxygen atoms in total. The van der Waals surface area contributed by atoms with Crippen LogP contribution < -0.4 is 15.4 Å². The Hall–Kier alpha value is -2.68. The van der Waals surface area contributed by atoms with Gasteiger partial charge in [0.1, 0.15) is 17.2 Å². The third-order valence-corrected chi connectivity index (χ3v) is 6.98. The van der Waals surface area contributed by atoms with E-state index in [1.165, 1.54) is 5.56 Å². The van der Waals surface area contributed by atoms with Crippen molar-refractivity contribution in [3.63, 3.8) is 0 Å². The topological polar surface area (TPSA) is 82.5 Å². The summed E-state index contributed by atoms with van der Waals surface area (Å²) in [7, 11) is 3.93. The average molecular weight is 436 g/mol. The summed E-state index contributed by atoms with van der Waals surface area (Å²) in [5.74, 6) is 2.33. The van der Waals surface area contributed by atoms with Crippen LogP contribution in [0.4, 0.5) is 5.82 Å². The molecule has 0 aliphatic carbocycles. The number of aryl methyl sites for hydroxylation is 1. The van der Waals surface area contributed by atoms with E-state index in [-0.39, 0.29) is 0 Å². The molecule has 2 N–H and O–H groups in total.